The van der Waals surface area contributed by atoms with Gasteiger partial charge >= 0.3 is 0 Å². The zero-order valence-corrected chi connectivity index (χ0v) is 16.5. The molecule has 0 bridgehead atoms. The van der Waals surface area contributed by atoms with Crippen molar-refractivity contribution in [2.45, 2.75) is 48.5 Å². The molecule has 1 saturated carbocycles. The van der Waals surface area contributed by atoms with Crippen molar-refractivity contribution in [2.75, 3.05) is 7.11 Å². The van der Waals surface area contributed by atoms with Crippen LogP contribution in [-0.4, -0.2) is 17.8 Å². The van der Waals surface area contributed by atoms with E-state index in [1.165, 1.54) is 16.9 Å². The molecule has 0 saturated heterocycles. The summed E-state index contributed by atoms with van der Waals surface area (Å²) in [6, 6.07) is 20.7. The van der Waals surface area contributed by atoms with Crippen molar-refractivity contribution < 1.29 is 4.74 Å². The smallest absolute Gasteiger partial charge is 0.251 e. The van der Waals surface area contributed by atoms with E-state index in [4.69, 9.17) is 4.74 Å². The van der Waals surface area contributed by atoms with Gasteiger partial charge in [0.15, 0.2) is 0 Å². The molecule has 0 N–H and O–H groups in total. The SMILES string of the molecule is CO[C@H]1CCCCC1n1c(=O)ccc2cc(SCc3ccccc3)ccc21. The number of hydrogen-bond donors (Lipinski definition) is 0. The fourth-order valence-electron chi connectivity index (χ4n) is 4.07. The van der Waals surface area contributed by atoms with Crippen LogP contribution in [0.2, 0.25) is 0 Å². The van der Waals surface area contributed by atoms with Gasteiger partial charge in [-0.25, -0.2) is 0 Å². The molecule has 1 unspecified atom stereocenters. The maximum absolute atomic E-state index is 12.7. The van der Waals surface area contributed by atoms with Gasteiger partial charge in [0, 0.05) is 23.8 Å². The zero-order valence-electron chi connectivity index (χ0n) is 15.6. The maximum atomic E-state index is 12.7. The standard InChI is InChI=1S/C23H25NO2S/c1-26-22-10-6-5-9-21(22)24-20-13-12-19(15-18(20)11-14-23(24)25)27-16-17-7-3-2-4-8-17/h2-4,7-8,11-15,21-22H,5-6,9-10,16H2,1H3/t21?,22-/m0/s1. The molecule has 0 radical (unpaired) electrons. The van der Waals surface area contributed by atoms with E-state index in [9.17, 15) is 4.79 Å². The minimum Gasteiger partial charge on any atom is -0.379 e. The third-order valence-electron chi connectivity index (χ3n) is 5.45. The molecule has 0 aliphatic heterocycles. The second-order valence-electron chi connectivity index (χ2n) is 7.16. The second-order valence-corrected chi connectivity index (χ2v) is 8.21. The first-order valence-electron chi connectivity index (χ1n) is 9.61. The zero-order chi connectivity index (χ0) is 18.6. The van der Waals surface area contributed by atoms with Crippen molar-refractivity contribution in [2.24, 2.45) is 0 Å². The lowest BCUT2D eigenvalue weighted by atomic mass is 9.91. The number of rotatable bonds is 5. The van der Waals surface area contributed by atoms with Gasteiger partial charge in [0.25, 0.3) is 5.56 Å². The van der Waals surface area contributed by atoms with E-state index >= 15 is 0 Å². The van der Waals surface area contributed by atoms with Gasteiger partial charge < -0.3 is 9.30 Å². The molecule has 2 aromatic carbocycles. The van der Waals surface area contributed by atoms with Crippen molar-refractivity contribution >= 4 is 22.7 Å². The molecule has 1 aliphatic rings. The van der Waals surface area contributed by atoms with E-state index in [1.807, 2.05) is 28.5 Å². The highest BCUT2D eigenvalue weighted by molar-refractivity contribution is 7.98. The van der Waals surface area contributed by atoms with Crippen LogP contribution in [0, 0.1) is 0 Å². The van der Waals surface area contributed by atoms with Crippen molar-refractivity contribution in [3.8, 4) is 0 Å². The summed E-state index contributed by atoms with van der Waals surface area (Å²) in [5, 5.41) is 1.12. The molecule has 3 aromatic rings. The average Bonchev–Trinajstić information content (AvgIpc) is 2.73. The van der Waals surface area contributed by atoms with Crippen LogP contribution in [0.25, 0.3) is 10.9 Å². The molecule has 0 amide bonds. The Morgan fingerprint density at radius 1 is 1.04 bits per heavy atom. The minimum atomic E-state index is 0.0705. The Balaban J connectivity index is 1.65. The number of nitrogens with zero attached hydrogens (tertiary/aromatic N) is 1. The van der Waals surface area contributed by atoms with E-state index in [1.54, 1.807) is 13.2 Å². The van der Waals surface area contributed by atoms with Crippen LogP contribution in [0.4, 0.5) is 0 Å². The predicted molar refractivity (Wildman–Crippen MR) is 113 cm³/mol. The van der Waals surface area contributed by atoms with Crippen LogP contribution >= 0.6 is 11.8 Å². The number of ether oxygens (including phenoxy) is 1. The minimum absolute atomic E-state index is 0.0705. The van der Waals surface area contributed by atoms with Gasteiger partial charge in [-0.1, -0.05) is 43.2 Å². The van der Waals surface area contributed by atoms with Crippen LogP contribution in [-0.2, 0) is 10.5 Å². The van der Waals surface area contributed by atoms with E-state index in [2.05, 4.69) is 42.5 Å². The molecular weight excluding hydrogens is 354 g/mol. The largest absolute Gasteiger partial charge is 0.379 e. The van der Waals surface area contributed by atoms with Crippen molar-refractivity contribution in [1.82, 2.24) is 4.57 Å². The van der Waals surface area contributed by atoms with Crippen molar-refractivity contribution in [1.29, 1.82) is 0 Å². The van der Waals surface area contributed by atoms with Gasteiger partial charge in [-0.05, 0) is 48.1 Å². The summed E-state index contributed by atoms with van der Waals surface area (Å²) in [7, 11) is 1.76. The number of methoxy groups -OCH3 is 1. The lowest BCUT2D eigenvalue weighted by Gasteiger charge is -2.32. The van der Waals surface area contributed by atoms with E-state index < -0.39 is 0 Å². The summed E-state index contributed by atoms with van der Waals surface area (Å²) in [6.07, 6.45) is 4.47. The molecule has 4 heteroatoms. The lowest BCUT2D eigenvalue weighted by Crippen LogP contribution is -2.35. The Labute approximate surface area is 164 Å². The molecule has 2 atom stereocenters. The Bertz CT molecular complexity index is 967. The summed E-state index contributed by atoms with van der Waals surface area (Å²) < 4.78 is 7.68. The fourth-order valence-corrected chi connectivity index (χ4v) is 4.97. The molecule has 1 heterocycles. The Morgan fingerprint density at radius 2 is 1.85 bits per heavy atom. The summed E-state index contributed by atoms with van der Waals surface area (Å²) in [5.41, 5.74) is 2.40. The molecule has 27 heavy (non-hydrogen) atoms. The molecular formula is C23H25NO2S. The van der Waals surface area contributed by atoms with Crippen molar-refractivity contribution in [3.05, 3.63) is 76.6 Å². The number of hydrogen-bond acceptors (Lipinski definition) is 3. The van der Waals surface area contributed by atoms with Gasteiger partial charge in [0.2, 0.25) is 0 Å². The topological polar surface area (TPSA) is 31.2 Å². The van der Waals surface area contributed by atoms with Gasteiger partial charge in [-0.2, -0.15) is 0 Å². The molecule has 1 fully saturated rings. The Hall–Kier alpha value is -2.04. The number of pyridine rings is 1. The summed E-state index contributed by atoms with van der Waals surface area (Å²) in [4.78, 5) is 13.9. The summed E-state index contributed by atoms with van der Waals surface area (Å²) >= 11 is 1.83. The fraction of sp³-hybridized carbons (Fsp3) is 0.348. The first-order chi connectivity index (χ1) is 13.3. The first-order valence-corrected chi connectivity index (χ1v) is 10.6. The van der Waals surface area contributed by atoms with Gasteiger partial charge in [0.05, 0.1) is 17.7 Å². The average molecular weight is 380 g/mol. The van der Waals surface area contributed by atoms with Crippen LogP contribution in [0.5, 0.6) is 0 Å². The molecule has 0 spiro atoms. The predicted octanol–water partition coefficient (Wildman–Crippen LogP) is 5.42. The normalized spacial score (nSPS) is 20.0. The molecule has 1 aliphatic carbocycles. The van der Waals surface area contributed by atoms with Crippen LogP contribution in [0.15, 0.2) is 70.4 Å². The van der Waals surface area contributed by atoms with Gasteiger partial charge in [-0.3, -0.25) is 4.79 Å². The molecule has 4 rings (SSSR count). The molecule has 140 valence electrons. The third kappa shape index (κ3) is 3.97. The molecule has 1 aromatic heterocycles. The monoisotopic (exact) mass is 379 g/mol. The number of aromatic nitrogens is 1. The Kier molecular flexibility index (Phi) is 5.65. The van der Waals surface area contributed by atoms with Crippen molar-refractivity contribution in [3.63, 3.8) is 0 Å². The van der Waals surface area contributed by atoms with Crippen LogP contribution in [0.3, 0.4) is 0 Å². The quantitative estimate of drug-likeness (QED) is 0.554. The summed E-state index contributed by atoms with van der Waals surface area (Å²) in [5.74, 6) is 0.945. The summed E-state index contributed by atoms with van der Waals surface area (Å²) in [6.45, 7) is 0. The number of benzene rings is 2. The van der Waals surface area contributed by atoms with E-state index in [-0.39, 0.29) is 17.7 Å². The number of fused-ring (bicyclic) bond motifs is 1. The molecule has 3 nitrogen and oxygen atoms in total. The highest BCUT2D eigenvalue weighted by Crippen LogP contribution is 2.33. The van der Waals surface area contributed by atoms with E-state index in [0.717, 1.165) is 35.9 Å². The second kappa shape index (κ2) is 8.32. The highest BCUT2D eigenvalue weighted by Gasteiger charge is 2.28. The third-order valence-corrected chi connectivity index (χ3v) is 6.52. The van der Waals surface area contributed by atoms with Gasteiger partial charge in [0.1, 0.15) is 0 Å². The van der Waals surface area contributed by atoms with Crippen LogP contribution < -0.4 is 5.56 Å². The lowest BCUT2D eigenvalue weighted by molar-refractivity contribution is 0.0293. The number of thioether (sulfide) groups is 1. The highest BCUT2D eigenvalue weighted by atomic mass is 32.2. The Morgan fingerprint density at radius 3 is 2.67 bits per heavy atom. The van der Waals surface area contributed by atoms with Gasteiger partial charge in [-0.15, -0.1) is 11.8 Å². The first kappa shape index (κ1) is 18.3. The van der Waals surface area contributed by atoms with Crippen LogP contribution in [0.1, 0.15) is 37.3 Å². The van der Waals surface area contributed by atoms with E-state index in [0.29, 0.717) is 0 Å². The maximum Gasteiger partial charge on any atom is 0.251 e.